The second-order valence-electron chi connectivity index (χ2n) is 6.95. The molecule has 1 aliphatic heterocycles. The minimum atomic E-state index is 0.452. The molecule has 3 rings (SSSR count). The van der Waals surface area contributed by atoms with Gasteiger partial charge in [0.1, 0.15) is 0 Å². The zero-order valence-electron chi connectivity index (χ0n) is 11.4. The van der Waals surface area contributed by atoms with Crippen LogP contribution >= 0.6 is 0 Å². The van der Waals surface area contributed by atoms with E-state index < -0.39 is 0 Å². The van der Waals surface area contributed by atoms with Crippen LogP contribution in [0.4, 0.5) is 0 Å². The van der Waals surface area contributed by atoms with Gasteiger partial charge in [-0.1, -0.05) is 6.42 Å². The molecular weight excluding hydrogens is 208 g/mol. The first-order chi connectivity index (χ1) is 8.15. The van der Waals surface area contributed by atoms with Gasteiger partial charge in [-0.05, 0) is 63.7 Å². The Kier molecular flexibility index (Phi) is 3.20. The third-order valence-electron chi connectivity index (χ3n) is 5.90. The smallest absolute Gasteiger partial charge is 0.0101 e. The van der Waals surface area contributed by atoms with Crippen molar-refractivity contribution >= 4 is 0 Å². The van der Waals surface area contributed by atoms with Gasteiger partial charge in [0, 0.05) is 24.7 Å². The Morgan fingerprint density at radius 2 is 1.94 bits per heavy atom. The van der Waals surface area contributed by atoms with Crippen molar-refractivity contribution in [2.75, 3.05) is 6.54 Å². The average molecular weight is 236 g/mol. The van der Waals surface area contributed by atoms with Crippen molar-refractivity contribution in [3.05, 3.63) is 0 Å². The number of rotatable bonds is 2. The van der Waals surface area contributed by atoms with E-state index in [0.29, 0.717) is 12.1 Å². The predicted octanol–water partition coefficient (Wildman–Crippen LogP) is 2.62. The van der Waals surface area contributed by atoms with Crippen molar-refractivity contribution in [1.29, 1.82) is 0 Å². The van der Waals surface area contributed by atoms with Crippen LogP contribution in [0.15, 0.2) is 0 Å². The van der Waals surface area contributed by atoms with Crippen molar-refractivity contribution in [2.45, 2.75) is 70.5 Å². The van der Waals surface area contributed by atoms with Gasteiger partial charge in [0.2, 0.25) is 0 Å². The minimum absolute atomic E-state index is 0.452. The van der Waals surface area contributed by atoms with Gasteiger partial charge in [-0.3, -0.25) is 4.90 Å². The minimum Gasteiger partial charge on any atom is -0.328 e. The summed E-state index contributed by atoms with van der Waals surface area (Å²) < 4.78 is 0. The highest BCUT2D eigenvalue weighted by Gasteiger charge is 2.44. The number of piperidine rings is 1. The van der Waals surface area contributed by atoms with Gasteiger partial charge in [0.25, 0.3) is 0 Å². The molecule has 2 bridgehead atoms. The number of hydrogen-bond donors (Lipinski definition) is 1. The molecule has 6 unspecified atom stereocenters. The summed E-state index contributed by atoms with van der Waals surface area (Å²) in [7, 11) is 0. The summed E-state index contributed by atoms with van der Waals surface area (Å²) in [6, 6.07) is 1.95. The fraction of sp³-hybridized carbons (Fsp3) is 1.00. The van der Waals surface area contributed by atoms with Crippen LogP contribution < -0.4 is 5.73 Å². The van der Waals surface area contributed by atoms with Crippen LogP contribution in [0.25, 0.3) is 0 Å². The van der Waals surface area contributed by atoms with E-state index in [9.17, 15) is 0 Å². The lowest BCUT2D eigenvalue weighted by molar-refractivity contribution is 0.0541. The van der Waals surface area contributed by atoms with Crippen molar-refractivity contribution in [1.82, 2.24) is 4.90 Å². The maximum absolute atomic E-state index is 6.07. The summed E-state index contributed by atoms with van der Waals surface area (Å²) in [5, 5.41) is 0. The number of nitrogens with two attached hydrogens (primary N) is 1. The van der Waals surface area contributed by atoms with E-state index in [0.717, 1.165) is 23.8 Å². The molecule has 0 spiro atoms. The molecule has 1 saturated heterocycles. The maximum atomic E-state index is 6.07. The van der Waals surface area contributed by atoms with Crippen LogP contribution in [0, 0.1) is 17.8 Å². The van der Waals surface area contributed by atoms with Crippen LogP contribution in [-0.2, 0) is 0 Å². The molecule has 0 amide bonds. The maximum Gasteiger partial charge on any atom is 0.0101 e. The lowest BCUT2D eigenvalue weighted by atomic mass is 9.82. The highest BCUT2D eigenvalue weighted by Crippen LogP contribution is 2.50. The number of nitrogens with zero attached hydrogens (tertiary/aromatic N) is 1. The van der Waals surface area contributed by atoms with E-state index in [1.54, 1.807) is 0 Å². The number of hydrogen-bond acceptors (Lipinski definition) is 2. The number of fused-ring (bicyclic) bond motifs is 2. The highest BCUT2D eigenvalue weighted by atomic mass is 15.2. The number of likely N-dealkylation sites (tertiary alicyclic amines) is 1. The molecule has 0 radical (unpaired) electrons. The standard InChI is InChI=1S/C15H28N2/c1-10-7-14(16)5-6-17(10)11(2)15-9-12-3-4-13(15)8-12/h10-15H,3-9,16H2,1-2H3. The Labute approximate surface area is 106 Å². The summed E-state index contributed by atoms with van der Waals surface area (Å²) in [5.41, 5.74) is 6.07. The summed E-state index contributed by atoms with van der Waals surface area (Å²) in [4.78, 5) is 2.76. The first-order valence-electron chi connectivity index (χ1n) is 7.66. The summed E-state index contributed by atoms with van der Waals surface area (Å²) >= 11 is 0. The molecule has 6 atom stereocenters. The molecule has 17 heavy (non-hydrogen) atoms. The van der Waals surface area contributed by atoms with Crippen LogP contribution in [0.3, 0.4) is 0 Å². The molecule has 0 aromatic carbocycles. The van der Waals surface area contributed by atoms with Crippen LogP contribution in [-0.4, -0.2) is 29.6 Å². The Bertz CT molecular complexity index is 278. The molecule has 2 nitrogen and oxygen atoms in total. The third-order valence-corrected chi connectivity index (χ3v) is 5.90. The second-order valence-corrected chi connectivity index (χ2v) is 6.95. The van der Waals surface area contributed by atoms with Crippen molar-refractivity contribution < 1.29 is 0 Å². The summed E-state index contributed by atoms with van der Waals surface area (Å²) in [5.74, 6) is 3.12. The molecule has 2 heteroatoms. The molecule has 0 aromatic heterocycles. The van der Waals surface area contributed by atoms with Gasteiger partial charge < -0.3 is 5.73 Å². The molecule has 3 fully saturated rings. The van der Waals surface area contributed by atoms with Gasteiger partial charge in [-0.25, -0.2) is 0 Å². The molecule has 2 saturated carbocycles. The van der Waals surface area contributed by atoms with Crippen LogP contribution in [0.1, 0.15) is 52.4 Å². The molecule has 0 aromatic rings. The first kappa shape index (κ1) is 12.0. The van der Waals surface area contributed by atoms with Gasteiger partial charge in [0.05, 0.1) is 0 Å². The molecule has 2 aliphatic carbocycles. The van der Waals surface area contributed by atoms with Crippen molar-refractivity contribution in [3.63, 3.8) is 0 Å². The fourth-order valence-electron chi connectivity index (χ4n) is 4.96. The molecular formula is C15H28N2. The Balaban J connectivity index is 1.64. The molecule has 2 N–H and O–H groups in total. The third kappa shape index (κ3) is 2.15. The van der Waals surface area contributed by atoms with Gasteiger partial charge >= 0.3 is 0 Å². The fourth-order valence-corrected chi connectivity index (χ4v) is 4.96. The lowest BCUT2D eigenvalue weighted by Crippen LogP contribution is -2.52. The van der Waals surface area contributed by atoms with Gasteiger partial charge in [-0.15, -0.1) is 0 Å². The van der Waals surface area contributed by atoms with E-state index >= 15 is 0 Å². The second kappa shape index (κ2) is 4.55. The van der Waals surface area contributed by atoms with E-state index in [1.807, 2.05) is 0 Å². The normalized spacial score (nSPS) is 48.5. The quantitative estimate of drug-likeness (QED) is 0.798. The predicted molar refractivity (Wildman–Crippen MR) is 71.8 cm³/mol. The Morgan fingerprint density at radius 1 is 1.12 bits per heavy atom. The molecule has 98 valence electrons. The molecule has 3 aliphatic rings. The van der Waals surface area contributed by atoms with E-state index in [2.05, 4.69) is 18.7 Å². The van der Waals surface area contributed by atoms with E-state index in [-0.39, 0.29) is 0 Å². The summed E-state index contributed by atoms with van der Waals surface area (Å²) in [6.45, 7) is 6.10. The SMILES string of the molecule is CC1CC(N)CCN1C(C)C1CC2CCC1C2. The van der Waals surface area contributed by atoms with Gasteiger partial charge in [-0.2, -0.15) is 0 Å². The monoisotopic (exact) mass is 236 g/mol. The van der Waals surface area contributed by atoms with Gasteiger partial charge in [0.15, 0.2) is 0 Å². The zero-order chi connectivity index (χ0) is 12.0. The summed E-state index contributed by atoms with van der Waals surface area (Å²) in [6.07, 6.45) is 8.49. The topological polar surface area (TPSA) is 29.3 Å². The average Bonchev–Trinajstić information content (AvgIpc) is 2.89. The van der Waals surface area contributed by atoms with Crippen molar-refractivity contribution in [3.8, 4) is 0 Å². The molecule has 1 heterocycles. The first-order valence-corrected chi connectivity index (χ1v) is 7.66. The highest BCUT2D eigenvalue weighted by molar-refractivity contribution is 4.96. The Morgan fingerprint density at radius 3 is 2.53 bits per heavy atom. The lowest BCUT2D eigenvalue weighted by Gasteiger charge is -2.44. The zero-order valence-corrected chi connectivity index (χ0v) is 11.4. The van der Waals surface area contributed by atoms with E-state index in [1.165, 1.54) is 45.1 Å². The van der Waals surface area contributed by atoms with Crippen LogP contribution in [0.5, 0.6) is 0 Å². The van der Waals surface area contributed by atoms with Crippen molar-refractivity contribution in [2.24, 2.45) is 23.5 Å². The Hall–Kier alpha value is -0.0800. The largest absolute Gasteiger partial charge is 0.328 e. The van der Waals surface area contributed by atoms with E-state index in [4.69, 9.17) is 5.73 Å². The van der Waals surface area contributed by atoms with Crippen LogP contribution in [0.2, 0.25) is 0 Å².